The lowest BCUT2D eigenvalue weighted by Crippen LogP contribution is -2.27. The number of unbranched alkanes of at least 4 members (excludes halogenated alkanes) is 26. The molecular formula is C45H86NO7P. The molecule has 0 heterocycles. The summed E-state index contributed by atoms with van der Waals surface area (Å²) < 4.78 is 33.2. The van der Waals surface area contributed by atoms with Crippen molar-refractivity contribution in [1.29, 1.82) is 0 Å². The lowest BCUT2D eigenvalue weighted by atomic mass is 10.1. The number of carbonyl (C=O) groups is 1. The van der Waals surface area contributed by atoms with E-state index in [1.54, 1.807) is 6.26 Å². The number of hydrogen-bond acceptors (Lipinski definition) is 7. The second-order valence-electron chi connectivity index (χ2n) is 15.0. The molecule has 0 amide bonds. The van der Waals surface area contributed by atoms with Crippen molar-refractivity contribution in [1.82, 2.24) is 0 Å². The van der Waals surface area contributed by atoms with Crippen LogP contribution in [0, 0.1) is 0 Å². The van der Waals surface area contributed by atoms with Crippen molar-refractivity contribution in [2.45, 2.75) is 219 Å². The van der Waals surface area contributed by atoms with E-state index in [4.69, 9.17) is 24.3 Å². The summed E-state index contributed by atoms with van der Waals surface area (Å²) in [6.45, 7) is 4.23. The van der Waals surface area contributed by atoms with Crippen LogP contribution in [-0.2, 0) is 27.9 Å². The fourth-order valence-corrected chi connectivity index (χ4v) is 7.01. The lowest BCUT2D eigenvalue weighted by molar-refractivity contribution is -0.153. The first-order valence-corrected chi connectivity index (χ1v) is 24.0. The average molecular weight is 784 g/mol. The Hall–Kier alpha value is -1.44. The van der Waals surface area contributed by atoms with Gasteiger partial charge in [0.15, 0.2) is 6.10 Å². The highest BCUT2D eigenvalue weighted by Gasteiger charge is 2.25. The molecule has 0 aromatic heterocycles. The minimum absolute atomic E-state index is 0.0296. The van der Waals surface area contributed by atoms with Crippen LogP contribution in [0.15, 0.2) is 36.6 Å². The average Bonchev–Trinajstić information content (AvgIpc) is 3.16. The Balaban J connectivity index is 4.05. The van der Waals surface area contributed by atoms with Gasteiger partial charge in [0.1, 0.15) is 6.61 Å². The van der Waals surface area contributed by atoms with Gasteiger partial charge < -0.3 is 20.1 Å². The zero-order valence-electron chi connectivity index (χ0n) is 35.2. The van der Waals surface area contributed by atoms with Gasteiger partial charge in [-0.25, -0.2) is 4.57 Å². The predicted octanol–water partition coefficient (Wildman–Crippen LogP) is 13.8. The molecule has 0 spiro atoms. The van der Waals surface area contributed by atoms with Gasteiger partial charge in [-0.15, -0.1) is 0 Å². The van der Waals surface area contributed by atoms with Gasteiger partial charge in [-0.1, -0.05) is 160 Å². The van der Waals surface area contributed by atoms with Gasteiger partial charge in [-0.2, -0.15) is 0 Å². The molecule has 0 aliphatic heterocycles. The van der Waals surface area contributed by atoms with Crippen LogP contribution in [0.4, 0.5) is 0 Å². The van der Waals surface area contributed by atoms with Crippen molar-refractivity contribution >= 4 is 13.8 Å². The van der Waals surface area contributed by atoms with Crippen molar-refractivity contribution < 1.29 is 32.8 Å². The minimum Gasteiger partial charge on any atom is -0.498 e. The number of carbonyl (C=O) groups excluding carboxylic acids is 1. The molecular weight excluding hydrogens is 697 g/mol. The molecule has 0 saturated carbocycles. The zero-order chi connectivity index (χ0) is 39.5. The Morgan fingerprint density at radius 3 is 1.39 bits per heavy atom. The molecule has 0 bridgehead atoms. The summed E-state index contributed by atoms with van der Waals surface area (Å²) in [7, 11) is -4.29. The maximum atomic E-state index is 12.6. The minimum atomic E-state index is -4.29. The molecule has 0 saturated heterocycles. The molecule has 0 radical (unpaired) electrons. The van der Waals surface area contributed by atoms with Crippen LogP contribution in [-0.4, -0.2) is 43.3 Å². The first kappa shape index (κ1) is 52.6. The molecule has 0 aromatic carbocycles. The monoisotopic (exact) mass is 784 g/mol. The Morgan fingerprint density at radius 2 is 0.944 bits per heavy atom. The summed E-state index contributed by atoms with van der Waals surface area (Å²) in [5.74, 6) is -0.355. The Labute approximate surface area is 333 Å². The van der Waals surface area contributed by atoms with Crippen molar-refractivity contribution in [3.05, 3.63) is 36.6 Å². The van der Waals surface area contributed by atoms with Gasteiger partial charge in [-0.3, -0.25) is 13.8 Å². The van der Waals surface area contributed by atoms with Crippen molar-refractivity contribution in [3.63, 3.8) is 0 Å². The number of hydrogen-bond donors (Lipinski definition) is 2. The second kappa shape index (κ2) is 42.7. The largest absolute Gasteiger partial charge is 0.498 e. The summed E-state index contributed by atoms with van der Waals surface area (Å²) in [6, 6.07) is 0. The topological polar surface area (TPSA) is 117 Å². The normalized spacial score (nSPS) is 13.7. The molecule has 3 N–H and O–H groups in total. The highest BCUT2D eigenvalue weighted by atomic mass is 31.2. The first-order chi connectivity index (χ1) is 26.4. The molecule has 318 valence electrons. The van der Waals surface area contributed by atoms with Crippen LogP contribution in [0.1, 0.15) is 213 Å². The zero-order valence-corrected chi connectivity index (χ0v) is 36.1. The van der Waals surface area contributed by atoms with Crippen LogP contribution in [0.5, 0.6) is 0 Å². The predicted molar refractivity (Wildman–Crippen MR) is 229 cm³/mol. The number of allylic oxidation sites excluding steroid dienone is 5. The Bertz CT molecular complexity index is 926. The molecule has 2 unspecified atom stereocenters. The number of rotatable bonds is 43. The molecule has 8 nitrogen and oxygen atoms in total. The van der Waals surface area contributed by atoms with E-state index in [1.807, 2.05) is 6.08 Å². The van der Waals surface area contributed by atoms with E-state index in [0.717, 1.165) is 32.1 Å². The lowest BCUT2D eigenvalue weighted by Gasteiger charge is -2.19. The summed E-state index contributed by atoms with van der Waals surface area (Å²) >= 11 is 0. The molecule has 2 atom stereocenters. The van der Waals surface area contributed by atoms with Gasteiger partial charge in [0.25, 0.3) is 0 Å². The molecule has 0 aromatic rings. The van der Waals surface area contributed by atoms with E-state index < -0.39 is 13.9 Å². The number of esters is 1. The molecule has 0 aliphatic rings. The van der Waals surface area contributed by atoms with Gasteiger partial charge in [0.05, 0.1) is 19.5 Å². The van der Waals surface area contributed by atoms with E-state index in [-0.39, 0.29) is 32.3 Å². The third kappa shape index (κ3) is 41.7. The molecule has 54 heavy (non-hydrogen) atoms. The fraction of sp³-hybridized carbons (Fsp3) is 0.844. The number of phosphoric ester groups is 1. The van der Waals surface area contributed by atoms with E-state index in [9.17, 15) is 14.3 Å². The number of phosphoric acid groups is 1. The SMILES string of the molecule is CCCCCCC=CCCCCCCCCC=COCC(COP(=O)(O)OCCN)OC(=O)CCCCCCCCCCCC=CCCCCCCCC. The Morgan fingerprint density at radius 1 is 0.556 bits per heavy atom. The van der Waals surface area contributed by atoms with Crippen LogP contribution in [0.2, 0.25) is 0 Å². The summed E-state index contributed by atoms with van der Waals surface area (Å²) in [4.78, 5) is 22.5. The van der Waals surface area contributed by atoms with Crippen molar-refractivity contribution in [2.75, 3.05) is 26.4 Å². The third-order valence-corrected chi connectivity index (χ3v) is 10.6. The van der Waals surface area contributed by atoms with Crippen LogP contribution >= 0.6 is 7.82 Å². The highest BCUT2D eigenvalue weighted by Crippen LogP contribution is 2.43. The van der Waals surface area contributed by atoms with Gasteiger partial charge in [0, 0.05) is 13.0 Å². The molecule has 0 fully saturated rings. The first-order valence-electron chi connectivity index (χ1n) is 22.5. The van der Waals surface area contributed by atoms with Crippen molar-refractivity contribution in [3.8, 4) is 0 Å². The maximum Gasteiger partial charge on any atom is 0.472 e. The van der Waals surface area contributed by atoms with Gasteiger partial charge in [-0.05, 0) is 76.7 Å². The smallest absolute Gasteiger partial charge is 0.472 e. The van der Waals surface area contributed by atoms with Gasteiger partial charge >= 0.3 is 13.8 Å². The highest BCUT2D eigenvalue weighted by molar-refractivity contribution is 7.47. The number of ether oxygens (including phenoxy) is 2. The van der Waals surface area contributed by atoms with Gasteiger partial charge in [0.2, 0.25) is 0 Å². The summed E-state index contributed by atoms with van der Waals surface area (Å²) in [5.41, 5.74) is 5.37. The fourth-order valence-electron chi connectivity index (χ4n) is 6.25. The second-order valence-corrected chi connectivity index (χ2v) is 16.4. The third-order valence-electron chi connectivity index (χ3n) is 9.59. The van der Waals surface area contributed by atoms with E-state index >= 15 is 0 Å². The van der Waals surface area contributed by atoms with E-state index in [1.165, 1.54) is 161 Å². The van der Waals surface area contributed by atoms with Crippen LogP contribution in [0.25, 0.3) is 0 Å². The molecule has 0 rings (SSSR count). The molecule has 0 aliphatic carbocycles. The van der Waals surface area contributed by atoms with E-state index in [2.05, 4.69) is 38.2 Å². The van der Waals surface area contributed by atoms with Crippen molar-refractivity contribution in [2.24, 2.45) is 5.73 Å². The quantitative estimate of drug-likeness (QED) is 0.0206. The van der Waals surface area contributed by atoms with Crippen LogP contribution < -0.4 is 5.73 Å². The molecule has 9 heteroatoms. The Kier molecular flexibility index (Phi) is 41.6. The standard InChI is InChI=1S/C45H86NO7P/c1-3-5-7-9-11-13-15-17-19-21-22-23-24-26-28-30-32-34-36-38-45(47)53-44(43-52-54(48,49)51-41-39-46)42-50-40-37-35-33-31-29-27-25-20-18-16-14-12-10-8-6-4-2/h14,16-17,19,37,40,44H,3-13,15,18,20-36,38-39,41-43,46H2,1-2H3,(H,48,49). The summed E-state index contributed by atoms with van der Waals surface area (Å²) in [5, 5.41) is 0. The van der Waals surface area contributed by atoms with Crippen LogP contribution in [0.3, 0.4) is 0 Å². The number of nitrogens with two attached hydrogens (primary N) is 1. The summed E-state index contributed by atoms with van der Waals surface area (Å²) in [6.07, 6.45) is 49.7. The maximum absolute atomic E-state index is 12.6. The van der Waals surface area contributed by atoms with E-state index in [0.29, 0.717) is 6.42 Å².